The number of rotatable bonds is 1. The van der Waals surface area contributed by atoms with Gasteiger partial charge >= 0.3 is 0 Å². The van der Waals surface area contributed by atoms with E-state index in [0.29, 0.717) is 23.5 Å². The Morgan fingerprint density at radius 3 is 1.60 bits per heavy atom. The number of hydrogen-bond donors (Lipinski definition) is 4. The second-order valence-corrected chi connectivity index (χ2v) is 8.20. The van der Waals surface area contributed by atoms with Crippen LogP contribution in [-0.4, -0.2) is 24.7 Å². The molecule has 0 saturated heterocycles. The predicted molar refractivity (Wildman–Crippen MR) is 87.2 cm³/mol. The topological polar surface area (TPSA) is 104 Å². The molecule has 0 spiro atoms. The SMILES string of the molecule is CC1(C)CC(N)CC(C)(CN)C1.NC1CCC(N)CC1. The molecule has 0 amide bonds. The predicted octanol–water partition coefficient (Wildman–Crippen LogP) is 1.70. The van der Waals surface area contributed by atoms with E-state index >= 15 is 0 Å². The first-order valence-electron chi connectivity index (χ1n) is 8.13. The molecule has 0 heterocycles. The van der Waals surface area contributed by atoms with Crippen molar-refractivity contribution in [1.29, 1.82) is 0 Å². The van der Waals surface area contributed by atoms with Gasteiger partial charge in [0.15, 0.2) is 0 Å². The molecule has 2 aliphatic rings. The minimum absolute atomic E-state index is 0.279. The van der Waals surface area contributed by atoms with E-state index in [2.05, 4.69) is 20.8 Å². The molecule has 0 radical (unpaired) electrons. The Balaban J connectivity index is 0.000000217. The van der Waals surface area contributed by atoms with E-state index in [1.165, 1.54) is 6.42 Å². The maximum absolute atomic E-state index is 6.01. The van der Waals surface area contributed by atoms with E-state index in [4.69, 9.17) is 22.9 Å². The van der Waals surface area contributed by atoms with Crippen LogP contribution in [0.15, 0.2) is 0 Å². The van der Waals surface area contributed by atoms with Crippen molar-refractivity contribution in [3.05, 3.63) is 0 Å². The molecule has 2 atom stereocenters. The van der Waals surface area contributed by atoms with Gasteiger partial charge in [0.2, 0.25) is 0 Å². The largest absolute Gasteiger partial charge is 0.330 e. The molecule has 4 heteroatoms. The Bertz CT molecular complexity index is 274. The summed E-state index contributed by atoms with van der Waals surface area (Å²) in [5.41, 5.74) is 23.7. The lowest BCUT2D eigenvalue weighted by atomic mass is 9.63. The molecule has 2 aliphatic carbocycles. The smallest absolute Gasteiger partial charge is 0.00495 e. The lowest BCUT2D eigenvalue weighted by Crippen LogP contribution is -2.45. The van der Waals surface area contributed by atoms with Crippen LogP contribution < -0.4 is 22.9 Å². The third kappa shape index (κ3) is 6.08. The fraction of sp³-hybridized carbons (Fsp3) is 1.00. The lowest BCUT2D eigenvalue weighted by Gasteiger charge is -2.45. The number of nitrogens with two attached hydrogens (primary N) is 4. The lowest BCUT2D eigenvalue weighted by molar-refractivity contribution is 0.0904. The van der Waals surface area contributed by atoms with Crippen molar-refractivity contribution in [3.8, 4) is 0 Å². The Morgan fingerprint density at radius 2 is 1.25 bits per heavy atom. The van der Waals surface area contributed by atoms with Crippen LogP contribution in [0.2, 0.25) is 0 Å². The second-order valence-electron chi connectivity index (χ2n) is 8.20. The van der Waals surface area contributed by atoms with Gasteiger partial charge in [-0.05, 0) is 62.3 Å². The van der Waals surface area contributed by atoms with Crippen LogP contribution in [0.3, 0.4) is 0 Å². The van der Waals surface area contributed by atoms with Crippen LogP contribution >= 0.6 is 0 Å². The van der Waals surface area contributed by atoms with Crippen LogP contribution in [0.1, 0.15) is 65.7 Å². The van der Waals surface area contributed by atoms with Gasteiger partial charge in [-0.15, -0.1) is 0 Å². The molecule has 8 N–H and O–H groups in total. The van der Waals surface area contributed by atoms with E-state index in [9.17, 15) is 0 Å². The molecule has 0 aromatic carbocycles. The summed E-state index contributed by atoms with van der Waals surface area (Å²) in [4.78, 5) is 0. The maximum Gasteiger partial charge on any atom is 0.00495 e. The molecule has 2 fully saturated rings. The summed E-state index contributed by atoms with van der Waals surface area (Å²) in [6, 6.07) is 1.23. The molecule has 0 aromatic rings. The van der Waals surface area contributed by atoms with Gasteiger partial charge in [-0.3, -0.25) is 0 Å². The highest BCUT2D eigenvalue weighted by atomic mass is 14.7. The van der Waals surface area contributed by atoms with Crippen LogP contribution in [0.5, 0.6) is 0 Å². The molecule has 0 aliphatic heterocycles. The molecule has 4 nitrogen and oxygen atoms in total. The minimum Gasteiger partial charge on any atom is -0.330 e. The summed E-state index contributed by atoms with van der Waals surface area (Å²) >= 11 is 0. The average Bonchev–Trinajstić information content (AvgIpc) is 2.31. The highest BCUT2D eigenvalue weighted by molar-refractivity contribution is 4.93. The van der Waals surface area contributed by atoms with Gasteiger partial charge in [0.05, 0.1) is 0 Å². The van der Waals surface area contributed by atoms with Gasteiger partial charge in [-0.25, -0.2) is 0 Å². The van der Waals surface area contributed by atoms with Gasteiger partial charge in [0.1, 0.15) is 0 Å². The Labute approximate surface area is 125 Å². The second kappa shape index (κ2) is 7.21. The fourth-order valence-corrected chi connectivity index (χ4v) is 4.02. The van der Waals surface area contributed by atoms with Gasteiger partial charge in [0, 0.05) is 18.1 Å². The Morgan fingerprint density at radius 1 is 0.800 bits per heavy atom. The van der Waals surface area contributed by atoms with Gasteiger partial charge < -0.3 is 22.9 Å². The Hall–Kier alpha value is -0.160. The minimum atomic E-state index is 0.279. The van der Waals surface area contributed by atoms with Crippen molar-refractivity contribution < 1.29 is 0 Å². The summed E-state index contributed by atoms with van der Waals surface area (Å²) in [6.45, 7) is 7.61. The van der Waals surface area contributed by atoms with E-state index < -0.39 is 0 Å². The molecule has 0 aromatic heterocycles. The third-order valence-electron chi connectivity index (χ3n) is 4.78. The van der Waals surface area contributed by atoms with Crippen LogP contribution in [0.25, 0.3) is 0 Å². The Kier molecular flexibility index (Phi) is 6.45. The average molecular weight is 284 g/mol. The van der Waals surface area contributed by atoms with E-state index in [1.807, 2.05) is 0 Å². The van der Waals surface area contributed by atoms with E-state index in [-0.39, 0.29) is 5.41 Å². The van der Waals surface area contributed by atoms with Crippen LogP contribution in [-0.2, 0) is 0 Å². The van der Waals surface area contributed by atoms with Gasteiger partial charge in [0.25, 0.3) is 0 Å². The standard InChI is InChI=1S/C10H22N2.C6H14N2/c1-9(2)4-8(12)5-10(3,6-9)7-11;7-5-1-2-6(8)4-3-5/h8H,4-7,11-12H2,1-3H3;5-6H,1-4,7-8H2. The summed E-state index contributed by atoms with van der Waals surface area (Å²) in [5, 5.41) is 0. The summed E-state index contributed by atoms with van der Waals surface area (Å²) in [7, 11) is 0. The van der Waals surface area contributed by atoms with Crippen molar-refractivity contribution in [1.82, 2.24) is 0 Å². The summed E-state index contributed by atoms with van der Waals surface area (Å²) in [6.07, 6.45) is 7.95. The molecule has 20 heavy (non-hydrogen) atoms. The van der Waals surface area contributed by atoms with Crippen molar-refractivity contribution in [2.75, 3.05) is 6.54 Å². The first-order valence-corrected chi connectivity index (χ1v) is 8.13. The quantitative estimate of drug-likeness (QED) is 0.588. The molecular weight excluding hydrogens is 248 g/mol. The normalized spacial score (nSPS) is 40.6. The molecule has 120 valence electrons. The van der Waals surface area contributed by atoms with E-state index in [1.54, 1.807) is 0 Å². The first-order chi connectivity index (χ1) is 9.16. The van der Waals surface area contributed by atoms with Gasteiger partial charge in [-0.2, -0.15) is 0 Å². The van der Waals surface area contributed by atoms with Crippen molar-refractivity contribution in [2.45, 2.75) is 83.8 Å². The van der Waals surface area contributed by atoms with E-state index in [0.717, 1.165) is 45.1 Å². The molecule has 2 rings (SSSR count). The fourth-order valence-electron chi connectivity index (χ4n) is 4.02. The van der Waals surface area contributed by atoms with Crippen molar-refractivity contribution in [3.63, 3.8) is 0 Å². The zero-order valence-electron chi connectivity index (χ0n) is 13.7. The highest BCUT2D eigenvalue weighted by Crippen LogP contribution is 2.44. The highest BCUT2D eigenvalue weighted by Gasteiger charge is 2.38. The third-order valence-corrected chi connectivity index (χ3v) is 4.78. The van der Waals surface area contributed by atoms with Crippen molar-refractivity contribution >= 4 is 0 Å². The maximum atomic E-state index is 6.01. The van der Waals surface area contributed by atoms with Crippen LogP contribution in [0, 0.1) is 10.8 Å². The van der Waals surface area contributed by atoms with Gasteiger partial charge in [-0.1, -0.05) is 20.8 Å². The molecular formula is C16H36N4. The summed E-state index contributed by atoms with van der Waals surface area (Å²) < 4.78 is 0. The summed E-state index contributed by atoms with van der Waals surface area (Å²) in [5.74, 6) is 0. The molecule has 0 bridgehead atoms. The van der Waals surface area contributed by atoms with Crippen LogP contribution in [0.4, 0.5) is 0 Å². The molecule has 2 unspecified atom stereocenters. The zero-order valence-corrected chi connectivity index (χ0v) is 13.7. The van der Waals surface area contributed by atoms with Crippen molar-refractivity contribution in [2.24, 2.45) is 33.8 Å². The molecule has 2 saturated carbocycles. The zero-order chi connectivity index (χ0) is 15.4. The first kappa shape index (κ1) is 17.9. The monoisotopic (exact) mass is 284 g/mol. The number of hydrogen-bond acceptors (Lipinski definition) is 4.